The predicted molar refractivity (Wildman–Crippen MR) is 429 cm³/mol. The maximum atomic E-state index is 13.0. The Morgan fingerprint density at radius 2 is 0.576 bits per heavy atom. The van der Waals surface area contributed by atoms with Crippen molar-refractivity contribution >= 4 is 17.9 Å². The van der Waals surface area contributed by atoms with Gasteiger partial charge in [-0.3, -0.25) is 9.59 Å². The number of carbonyl (C=O) groups excluding carboxylic acids is 2. The Labute approximate surface area is 615 Å². The number of carboxylic acid groups (broad SMARTS) is 1. The molecule has 0 amide bonds. The van der Waals surface area contributed by atoms with E-state index < -0.39 is 18.4 Å². The molecule has 9 nitrogen and oxygen atoms in total. The molecule has 2 unspecified atom stereocenters. The molecule has 0 aromatic heterocycles. The lowest BCUT2D eigenvalue weighted by atomic mass is 10.0. The summed E-state index contributed by atoms with van der Waals surface area (Å²) in [6.07, 6.45) is 106. The Kier molecular flexibility index (Phi) is 78.2. The fourth-order valence-corrected chi connectivity index (χ4v) is 13.2. The van der Waals surface area contributed by atoms with Crippen molar-refractivity contribution in [1.82, 2.24) is 0 Å². The fourth-order valence-electron chi connectivity index (χ4n) is 13.2. The monoisotopic (exact) mass is 1390 g/mol. The number of allylic oxidation sites excluding steroid dienone is 10. The van der Waals surface area contributed by atoms with Crippen LogP contribution in [0.4, 0.5) is 0 Å². The number of carboxylic acids is 1. The Bertz CT molecular complexity index is 1820. The van der Waals surface area contributed by atoms with Crippen molar-refractivity contribution in [2.45, 2.75) is 450 Å². The van der Waals surface area contributed by atoms with Gasteiger partial charge >= 0.3 is 17.9 Å². The molecule has 1 N–H and O–H groups in total. The van der Waals surface area contributed by atoms with Crippen LogP contribution in [0, 0.1) is 0 Å². The molecule has 0 aliphatic rings. The van der Waals surface area contributed by atoms with Crippen molar-refractivity contribution in [2.75, 3.05) is 47.5 Å². The van der Waals surface area contributed by atoms with Crippen LogP contribution in [-0.2, 0) is 33.3 Å². The molecule has 99 heavy (non-hydrogen) atoms. The third-order valence-corrected chi connectivity index (χ3v) is 19.8. The first-order valence-electron chi connectivity index (χ1n) is 43.5. The Morgan fingerprint density at radius 3 is 0.859 bits per heavy atom. The lowest BCUT2D eigenvalue weighted by Gasteiger charge is -2.25. The molecule has 0 aliphatic carbocycles. The number of nitrogens with zero attached hydrogens (tertiary/aromatic N) is 1. The number of likely N-dealkylation sites (N-methyl/N-ethyl adjacent to an activating group) is 1. The van der Waals surface area contributed by atoms with Gasteiger partial charge in [-0.1, -0.05) is 428 Å². The molecule has 0 bridgehead atoms. The summed E-state index contributed by atoms with van der Waals surface area (Å²) in [5, 5.41) is 9.79. The molecule has 0 aromatic carbocycles. The average molecular weight is 1390 g/mol. The summed E-state index contributed by atoms with van der Waals surface area (Å²) in [5.41, 5.74) is 0. The molecular weight excluding hydrogens is 1220 g/mol. The van der Waals surface area contributed by atoms with Gasteiger partial charge in [0.1, 0.15) is 13.2 Å². The summed E-state index contributed by atoms with van der Waals surface area (Å²) in [6, 6.07) is 0. The third-order valence-electron chi connectivity index (χ3n) is 19.8. The molecule has 0 aromatic rings. The van der Waals surface area contributed by atoms with Gasteiger partial charge in [0, 0.05) is 12.8 Å². The number of aliphatic carboxylic acids is 1. The maximum absolute atomic E-state index is 13.0. The molecular formula is C90H168NO8+. The van der Waals surface area contributed by atoms with E-state index in [-0.39, 0.29) is 38.2 Å². The minimum absolute atomic E-state index is 0.176. The van der Waals surface area contributed by atoms with Gasteiger partial charge in [0.25, 0.3) is 6.29 Å². The van der Waals surface area contributed by atoms with Crippen LogP contribution in [0.25, 0.3) is 0 Å². The van der Waals surface area contributed by atoms with E-state index in [2.05, 4.69) is 74.6 Å². The first-order valence-corrected chi connectivity index (χ1v) is 43.5. The third kappa shape index (κ3) is 82.2. The van der Waals surface area contributed by atoms with E-state index in [4.69, 9.17) is 18.9 Å². The fraction of sp³-hybridized carbons (Fsp3) is 0.856. The number of unbranched alkanes of at least 4 members (excludes halogenated alkanes) is 57. The first-order chi connectivity index (χ1) is 48.6. The molecule has 0 fully saturated rings. The van der Waals surface area contributed by atoms with E-state index >= 15 is 0 Å². The van der Waals surface area contributed by atoms with Gasteiger partial charge in [0.15, 0.2) is 6.10 Å². The number of carbonyl (C=O) groups is 3. The van der Waals surface area contributed by atoms with E-state index in [1.54, 1.807) is 0 Å². The number of esters is 2. The second kappa shape index (κ2) is 80.7. The summed E-state index contributed by atoms with van der Waals surface area (Å²) in [6.45, 7) is 4.85. The number of rotatable bonds is 82. The summed E-state index contributed by atoms with van der Waals surface area (Å²) in [7, 11) is 6.00. The highest BCUT2D eigenvalue weighted by molar-refractivity contribution is 5.71. The molecule has 2 atom stereocenters. The molecule has 0 rings (SSSR count). The maximum Gasteiger partial charge on any atom is 0.361 e. The van der Waals surface area contributed by atoms with Crippen molar-refractivity contribution in [2.24, 2.45) is 0 Å². The molecule has 0 heterocycles. The molecule has 0 spiro atoms. The average Bonchev–Trinajstić information content (AvgIpc) is 2.19. The van der Waals surface area contributed by atoms with Gasteiger partial charge < -0.3 is 28.5 Å². The highest BCUT2D eigenvalue weighted by atomic mass is 16.7. The zero-order chi connectivity index (χ0) is 71.8. The summed E-state index contributed by atoms with van der Waals surface area (Å²) in [5.74, 6) is -1.97. The van der Waals surface area contributed by atoms with Crippen LogP contribution in [0.15, 0.2) is 60.8 Å². The van der Waals surface area contributed by atoms with Gasteiger partial charge in [-0.25, -0.2) is 4.79 Å². The van der Waals surface area contributed by atoms with E-state index in [0.29, 0.717) is 17.4 Å². The van der Waals surface area contributed by atoms with Gasteiger partial charge in [-0.15, -0.1) is 0 Å². The number of quaternary nitrogens is 1. The second-order valence-corrected chi connectivity index (χ2v) is 30.8. The highest BCUT2D eigenvalue weighted by Crippen LogP contribution is 2.21. The summed E-state index contributed by atoms with van der Waals surface area (Å²) in [4.78, 5) is 37.8. The van der Waals surface area contributed by atoms with Crippen molar-refractivity contribution < 1.29 is 42.9 Å². The quantitative estimate of drug-likeness (QED) is 0.0211. The van der Waals surface area contributed by atoms with E-state index in [1.165, 1.54) is 340 Å². The smallest absolute Gasteiger partial charge is 0.361 e. The molecule has 0 saturated carbocycles. The highest BCUT2D eigenvalue weighted by Gasteiger charge is 2.25. The van der Waals surface area contributed by atoms with Crippen LogP contribution in [0.5, 0.6) is 0 Å². The normalized spacial score (nSPS) is 12.9. The topological polar surface area (TPSA) is 108 Å². The summed E-state index contributed by atoms with van der Waals surface area (Å²) < 4.78 is 23.1. The van der Waals surface area contributed by atoms with Crippen LogP contribution >= 0.6 is 0 Å². The first kappa shape index (κ1) is 96.0. The summed E-state index contributed by atoms with van der Waals surface area (Å²) >= 11 is 0. The zero-order valence-electron chi connectivity index (χ0n) is 66.7. The van der Waals surface area contributed by atoms with Gasteiger partial charge in [-0.2, -0.15) is 0 Å². The largest absolute Gasteiger partial charge is 0.477 e. The lowest BCUT2D eigenvalue weighted by Crippen LogP contribution is -2.40. The van der Waals surface area contributed by atoms with Crippen LogP contribution in [0.2, 0.25) is 0 Å². The Hall–Kier alpha value is -3.01. The Balaban J connectivity index is 3.92. The van der Waals surface area contributed by atoms with E-state index in [0.717, 1.165) is 70.6 Å². The van der Waals surface area contributed by atoms with Crippen LogP contribution in [0.3, 0.4) is 0 Å². The molecule has 0 radical (unpaired) electrons. The van der Waals surface area contributed by atoms with Gasteiger partial charge in [0.05, 0.1) is 34.4 Å². The van der Waals surface area contributed by atoms with Crippen molar-refractivity contribution in [3.8, 4) is 0 Å². The molecule has 580 valence electrons. The molecule has 0 saturated heterocycles. The number of hydrogen-bond donors (Lipinski definition) is 1. The number of ether oxygens (including phenoxy) is 4. The van der Waals surface area contributed by atoms with Crippen molar-refractivity contribution in [1.29, 1.82) is 0 Å². The Morgan fingerprint density at radius 1 is 0.313 bits per heavy atom. The minimum atomic E-state index is -1.51. The van der Waals surface area contributed by atoms with Crippen LogP contribution < -0.4 is 0 Å². The van der Waals surface area contributed by atoms with Gasteiger partial charge in [0.2, 0.25) is 0 Å². The van der Waals surface area contributed by atoms with Crippen molar-refractivity contribution in [3.63, 3.8) is 0 Å². The van der Waals surface area contributed by atoms with E-state index in [1.807, 2.05) is 21.1 Å². The molecule has 9 heteroatoms. The van der Waals surface area contributed by atoms with Gasteiger partial charge in [-0.05, 0) is 57.8 Å². The zero-order valence-corrected chi connectivity index (χ0v) is 66.7. The SMILES string of the molecule is CC/C=C\C/C=C\C/C=C\C/C=C\C/C=C\CCCCCCCCCCCCCCCCCCCCCCCC(=O)OC(COC(=O)CCCCCCCCCCCCCCCCCCCCCCCCCCCCCCCCCCCCCCC)COC(OCC[N+](C)(C)C)C(=O)O. The standard InChI is InChI=1S/C90H167NO8/c1-6-8-10-12-14-16-18-20-22-24-26-28-30-32-34-36-38-40-42-44-46-48-50-52-54-56-58-60-62-64-66-68-70-72-74-76-78-80-87(92)97-84-86(85-98-90(89(94)95)96-83-82-91(3,4)5)99-88(93)81-79-77-75-73-71-69-67-65-63-61-59-57-55-53-51-49-47-45-43-41-39-37-35-33-31-29-27-25-23-21-19-17-15-13-11-9-7-2/h9,11,15,17,21,23,27,29,33,35,86,90H,6-8,10,12-14,16,18-20,22,24-26,28,30-32,34,36-85H2,1-5H3/p+1/b11-9-,17-15-,23-21-,29-27-,35-33-. The molecule has 0 aliphatic heterocycles. The van der Waals surface area contributed by atoms with Crippen LogP contribution in [0.1, 0.15) is 438 Å². The predicted octanol–water partition coefficient (Wildman–Crippen LogP) is 28.2. The lowest BCUT2D eigenvalue weighted by molar-refractivity contribution is -0.870. The second-order valence-electron chi connectivity index (χ2n) is 30.8. The van der Waals surface area contributed by atoms with Crippen molar-refractivity contribution in [3.05, 3.63) is 60.8 Å². The minimum Gasteiger partial charge on any atom is -0.477 e. The van der Waals surface area contributed by atoms with Crippen LogP contribution in [-0.4, -0.2) is 87.4 Å². The van der Waals surface area contributed by atoms with E-state index in [9.17, 15) is 19.5 Å². The number of hydrogen-bond acceptors (Lipinski definition) is 7.